The zero-order valence-corrected chi connectivity index (χ0v) is 14.5. The minimum Gasteiger partial charge on any atom is -0.479 e. The number of rotatable bonds is 8. The summed E-state index contributed by atoms with van der Waals surface area (Å²) in [4.78, 5) is 23.9. The summed E-state index contributed by atoms with van der Waals surface area (Å²) in [6.07, 6.45) is -0.786. The van der Waals surface area contributed by atoms with Gasteiger partial charge in [0.15, 0.2) is 6.10 Å². The van der Waals surface area contributed by atoms with Crippen LogP contribution in [-0.2, 0) is 14.3 Å². The molecule has 0 spiro atoms. The number of methoxy groups -OCH3 is 1. The van der Waals surface area contributed by atoms with E-state index in [-0.39, 0.29) is 18.3 Å². The molecule has 0 fully saturated rings. The van der Waals surface area contributed by atoms with E-state index < -0.39 is 12.1 Å². The van der Waals surface area contributed by atoms with E-state index in [2.05, 4.69) is 5.32 Å². The van der Waals surface area contributed by atoms with Crippen LogP contribution in [0.25, 0.3) is 0 Å². The molecule has 1 atom stereocenters. The Hall–Kier alpha value is -2.93. The maximum Gasteiger partial charge on any atom is 0.347 e. The van der Waals surface area contributed by atoms with Crippen molar-refractivity contribution in [3.05, 3.63) is 59.9 Å². The molecule has 6 nitrogen and oxygen atoms in total. The number of hydrogen-bond acceptors (Lipinski definition) is 5. The van der Waals surface area contributed by atoms with Gasteiger partial charge in [-0.15, -0.1) is 0 Å². The molecule has 2 aromatic carbocycles. The summed E-state index contributed by atoms with van der Waals surface area (Å²) >= 11 is 0. The number of amides is 1. The Bertz CT molecular complexity index is 731. The second kappa shape index (κ2) is 9.53. The number of halogens is 1. The van der Waals surface area contributed by atoms with Gasteiger partial charge in [0, 0.05) is 18.4 Å². The molecule has 2 aromatic rings. The zero-order chi connectivity index (χ0) is 18.9. The normalized spacial score (nSPS) is 11.5. The number of carbonyl (C=O) groups is 2. The monoisotopic (exact) mass is 361 g/mol. The molecule has 138 valence electrons. The molecule has 0 radical (unpaired) electrons. The SMILES string of the molecule is COCCOC(=O)[C@H](C)Oc1ccc(C(=O)Nc2ccc(F)cc2)cc1. The summed E-state index contributed by atoms with van der Waals surface area (Å²) in [6, 6.07) is 11.8. The molecule has 2 rings (SSSR count). The fraction of sp³-hybridized carbons (Fsp3) is 0.263. The standard InChI is InChI=1S/C19H20FNO5/c1-13(19(23)25-12-11-24-2)26-17-9-3-14(4-10-17)18(22)21-16-7-5-15(20)6-8-16/h3-10,13H,11-12H2,1-2H3,(H,21,22)/t13-/m0/s1. The molecule has 1 N–H and O–H groups in total. The fourth-order valence-electron chi connectivity index (χ4n) is 2.02. The summed E-state index contributed by atoms with van der Waals surface area (Å²) in [5.74, 6) is -0.783. The minimum atomic E-state index is -0.786. The van der Waals surface area contributed by atoms with Crippen molar-refractivity contribution in [1.82, 2.24) is 0 Å². The molecule has 0 bridgehead atoms. The molecule has 0 unspecified atom stereocenters. The molecule has 0 saturated carbocycles. The lowest BCUT2D eigenvalue weighted by Gasteiger charge is -2.14. The van der Waals surface area contributed by atoms with Crippen molar-refractivity contribution in [3.8, 4) is 5.75 Å². The van der Waals surface area contributed by atoms with Crippen molar-refractivity contribution in [2.75, 3.05) is 25.6 Å². The molecule has 1 amide bonds. The highest BCUT2D eigenvalue weighted by Gasteiger charge is 2.16. The van der Waals surface area contributed by atoms with Crippen LogP contribution in [0.4, 0.5) is 10.1 Å². The number of hydrogen-bond donors (Lipinski definition) is 1. The number of esters is 1. The Morgan fingerprint density at radius 2 is 1.69 bits per heavy atom. The van der Waals surface area contributed by atoms with Crippen molar-refractivity contribution >= 4 is 17.6 Å². The maximum absolute atomic E-state index is 12.9. The van der Waals surface area contributed by atoms with Crippen LogP contribution in [0.2, 0.25) is 0 Å². The average molecular weight is 361 g/mol. The maximum atomic E-state index is 12.9. The first kappa shape index (κ1) is 19.4. The number of carbonyl (C=O) groups excluding carboxylic acids is 2. The molecular formula is C19H20FNO5. The number of ether oxygens (including phenoxy) is 3. The van der Waals surface area contributed by atoms with E-state index >= 15 is 0 Å². The van der Waals surface area contributed by atoms with Crippen LogP contribution in [0, 0.1) is 5.82 Å². The third-order valence-corrected chi connectivity index (χ3v) is 3.40. The van der Waals surface area contributed by atoms with Gasteiger partial charge < -0.3 is 19.5 Å². The summed E-state index contributed by atoms with van der Waals surface area (Å²) < 4.78 is 28.1. The molecule has 26 heavy (non-hydrogen) atoms. The lowest BCUT2D eigenvalue weighted by molar-refractivity contribution is -0.152. The second-order valence-electron chi connectivity index (χ2n) is 5.41. The number of nitrogens with one attached hydrogen (secondary N) is 1. The van der Waals surface area contributed by atoms with Crippen molar-refractivity contribution in [3.63, 3.8) is 0 Å². The molecule has 7 heteroatoms. The van der Waals surface area contributed by atoms with Gasteiger partial charge in [-0.2, -0.15) is 0 Å². The van der Waals surface area contributed by atoms with Crippen LogP contribution in [0.3, 0.4) is 0 Å². The minimum absolute atomic E-state index is 0.158. The summed E-state index contributed by atoms with van der Waals surface area (Å²) in [7, 11) is 1.52. The lowest BCUT2D eigenvalue weighted by Crippen LogP contribution is -2.27. The van der Waals surface area contributed by atoms with Gasteiger partial charge in [0.1, 0.15) is 18.2 Å². The molecule has 0 saturated heterocycles. The summed E-state index contributed by atoms with van der Waals surface area (Å²) in [5, 5.41) is 2.66. The number of anilines is 1. The van der Waals surface area contributed by atoms with Crippen molar-refractivity contribution in [1.29, 1.82) is 0 Å². The Morgan fingerprint density at radius 3 is 2.31 bits per heavy atom. The quantitative estimate of drug-likeness (QED) is 0.578. The fourth-order valence-corrected chi connectivity index (χ4v) is 2.02. The first-order valence-electron chi connectivity index (χ1n) is 7.99. The van der Waals surface area contributed by atoms with Gasteiger partial charge in [-0.3, -0.25) is 4.79 Å². The summed E-state index contributed by atoms with van der Waals surface area (Å²) in [6.45, 7) is 2.05. The first-order chi connectivity index (χ1) is 12.5. The molecule has 0 aliphatic rings. The first-order valence-corrected chi connectivity index (χ1v) is 7.99. The largest absolute Gasteiger partial charge is 0.479 e. The van der Waals surface area contributed by atoms with Crippen LogP contribution in [0.5, 0.6) is 5.75 Å². The van der Waals surface area contributed by atoms with Crippen LogP contribution in [0.15, 0.2) is 48.5 Å². The van der Waals surface area contributed by atoms with E-state index in [0.717, 1.165) is 0 Å². The predicted molar refractivity (Wildman–Crippen MR) is 93.7 cm³/mol. The topological polar surface area (TPSA) is 73.9 Å². The molecule has 0 aromatic heterocycles. The van der Waals surface area contributed by atoms with Crippen molar-refractivity contribution in [2.24, 2.45) is 0 Å². The third-order valence-electron chi connectivity index (χ3n) is 3.40. The summed E-state index contributed by atoms with van der Waals surface area (Å²) in [5.41, 5.74) is 0.890. The van der Waals surface area contributed by atoms with Gasteiger partial charge in [0.25, 0.3) is 5.91 Å². The Kier molecular flexibility index (Phi) is 7.11. The zero-order valence-electron chi connectivity index (χ0n) is 14.5. The lowest BCUT2D eigenvalue weighted by atomic mass is 10.2. The Labute approximate surface area is 150 Å². The molecule has 0 aliphatic carbocycles. The van der Waals surface area contributed by atoms with Crippen LogP contribution < -0.4 is 10.1 Å². The van der Waals surface area contributed by atoms with E-state index in [4.69, 9.17) is 14.2 Å². The highest BCUT2D eigenvalue weighted by Crippen LogP contribution is 2.16. The number of benzene rings is 2. The second-order valence-corrected chi connectivity index (χ2v) is 5.41. The van der Waals surface area contributed by atoms with E-state index in [1.807, 2.05) is 0 Å². The Morgan fingerprint density at radius 1 is 1.04 bits per heavy atom. The highest BCUT2D eigenvalue weighted by molar-refractivity contribution is 6.04. The van der Waals surface area contributed by atoms with Gasteiger partial charge in [-0.05, 0) is 55.5 Å². The van der Waals surface area contributed by atoms with E-state index in [0.29, 0.717) is 23.6 Å². The molecule has 0 heterocycles. The van der Waals surface area contributed by atoms with Crippen molar-refractivity contribution < 1.29 is 28.2 Å². The van der Waals surface area contributed by atoms with Gasteiger partial charge in [-0.25, -0.2) is 9.18 Å². The van der Waals surface area contributed by atoms with Crippen molar-refractivity contribution in [2.45, 2.75) is 13.0 Å². The van der Waals surface area contributed by atoms with Crippen LogP contribution in [0.1, 0.15) is 17.3 Å². The van der Waals surface area contributed by atoms with E-state index in [9.17, 15) is 14.0 Å². The van der Waals surface area contributed by atoms with E-state index in [1.54, 1.807) is 31.2 Å². The van der Waals surface area contributed by atoms with Crippen LogP contribution in [-0.4, -0.2) is 38.3 Å². The predicted octanol–water partition coefficient (Wildman–Crippen LogP) is 3.03. The third kappa shape index (κ3) is 5.86. The smallest absolute Gasteiger partial charge is 0.347 e. The van der Waals surface area contributed by atoms with Gasteiger partial charge in [-0.1, -0.05) is 0 Å². The Balaban J connectivity index is 1.89. The molecule has 0 aliphatic heterocycles. The van der Waals surface area contributed by atoms with Gasteiger partial charge in [0.05, 0.1) is 6.61 Å². The van der Waals surface area contributed by atoms with Gasteiger partial charge >= 0.3 is 5.97 Å². The highest BCUT2D eigenvalue weighted by atomic mass is 19.1. The van der Waals surface area contributed by atoms with E-state index in [1.165, 1.54) is 31.4 Å². The molecular weight excluding hydrogens is 341 g/mol. The van der Waals surface area contributed by atoms with Crippen LogP contribution >= 0.6 is 0 Å². The average Bonchev–Trinajstić information content (AvgIpc) is 2.64. The van der Waals surface area contributed by atoms with Gasteiger partial charge in [0.2, 0.25) is 0 Å².